The van der Waals surface area contributed by atoms with Gasteiger partial charge in [0.25, 0.3) is 0 Å². The van der Waals surface area contributed by atoms with E-state index in [4.69, 9.17) is 9.72 Å². The molecule has 292 valence electrons. The smallest absolute Gasteiger partial charge is 0.220 e. The Balaban J connectivity index is 1.18. The fourth-order valence-corrected chi connectivity index (χ4v) is 10.9. The average Bonchev–Trinajstić information content (AvgIpc) is 4.01. The summed E-state index contributed by atoms with van der Waals surface area (Å²) in [7, 11) is 0. The van der Waals surface area contributed by atoms with E-state index in [2.05, 4.69) is 193 Å². The van der Waals surface area contributed by atoms with Gasteiger partial charge in [-0.3, -0.25) is 8.97 Å². The van der Waals surface area contributed by atoms with Crippen LogP contribution in [0.25, 0.3) is 89.2 Å². The highest BCUT2D eigenvalue weighted by molar-refractivity contribution is 6.05. The Morgan fingerprint density at radius 2 is 1.07 bits per heavy atom. The number of rotatable bonds is 3. The monoisotopic (exact) mass is 786 g/mol. The van der Waals surface area contributed by atoms with Crippen LogP contribution in [0.2, 0.25) is 0 Å². The van der Waals surface area contributed by atoms with Crippen LogP contribution in [0.3, 0.4) is 0 Å². The fraction of sp³-hybridized carbons (Fsp3) is 0.140. The van der Waals surface area contributed by atoms with Gasteiger partial charge in [-0.1, -0.05) is 142 Å². The maximum Gasteiger partial charge on any atom is 0.220 e. The van der Waals surface area contributed by atoms with Crippen LogP contribution in [0.4, 0.5) is 0 Å². The second-order valence-electron chi connectivity index (χ2n) is 17.5. The van der Waals surface area contributed by atoms with Crippen molar-refractivity contribution in [1.29, 1.82) is 0 Å². The molecule has 3 heterocycles. The standard InChI is InChI=1S/C57H43N3O/c1-57(2)48-25-11-16-30-54(48)61-55-47(31-36(32-49(55)57)59-52-28-14-15-29-53(52)60-51-27-13-12-26-50(51)58-56(59)60)46-34-45-42-24-10-8-22-40(42)38-20-6-5-19-37(38)39-21-7-9-23-41(39)44(45)33-43(46)35-17-3-4-18-35/h5-16,19-35H,3-4,17-18H2,1-2H3/i35D. The van der Waals surface area contributed by atoms with Crippen LogP contribution in [0, 0.1) is 0 Å². The summed E-state index contributed by atoms with van der Waals surface area (Å²) in [6.07, 6.45) is 3.67. The highest BCUT2D eigenvalue weighted by Crippen LogP contribution is 2.56. The molecule has 0 N–H and O–H groups in total. The predicted octanol–water partition coefficient (Wildman–Crippen LogP) is 15.2. The van der Waals surface area contributed by atoms with Crippen molar-refractivity contribution in [3.05, 3.63) is 187 Å². The van der Waals surface area contributed by atoms with Crippen molar-refractivity contribution in [2.24, 2.45) is 0 Å². The van der Waals surface area contributed by atoms with Gasteiger partial charge in [0.05, 0.1) is 27.8 Å². The Labute approximate surface area is 356 Å². The minimum Gasteiger partial charge on any atom is -0.456 e. The van der Waals surface area contributed by atoms with E-state index in [9.17, 15) is 1.37 Å². The zero-order valence-corrected chi connectivity index (χ0v) is 34.2. The van der Waals surface area contributed by atoms with Crippen molar-refractivity contribution in [1.82, 2.24) is 14.0 Å². The van der Waals surface area contributed by atoms with Gasteiger partial charge in [0.2, 0.25) is 5.78 Å². The van der Waals surface area contributed by atoms with Crippen LogP contribution in [-0.2, 0) is 5.41 Å². The molecule has 1 aliphatic heterocycles. The molecule has 4 nitrogen and oxygen atoms in total. The average molecular weight is 787 g/mol. The van der Waals surface area contributed by atoms with Gasteiger partial charge in [-0.05, 0) is 129 Å². The second-order valence-corrected chi connectivity index (χ2v) is 17.5. The molecule has 2 aromatic heterocycles. The van der Waals surface area contributed by atoms with Gasteiger partial charge in [0.1, 0.15) is 11.5 Å². The quantitative estimate of drug-likeness (QED) is 0.179. The Hall–Kier alpha value is -7.17. The van der Waals surface area contributed by atoms with Crippen LogP contribution in [0.15, 0.2) is 170 Å². The molecule has 0 atom stereocenters. The molecular formula is C57H43N3O. The third-order valence-corrected chi connectivity index (χ3v) is 13.9. The van der Waals surface area contributed by atoms with E-state index in [1.807, 2.05) is 0 Å². The van der Waals surface area contributed by atoms with E-state index in [0.717, 1.165) is 104 Å². The number of para-hydroxylation sites is 5. The first kappa shape index (κ1) is 33.6. The first-order chi connectivity index (χ1) is 30.4. The Kier molecular flexibility index (Phi) is 7.12. The zero-order chi connectivity index (χ0) is 41.3. The van der Waals surface area contributed by atoms with E-state index >= 15 is 0 Å². The summed E-state index contributed by atoms with van der Waals surface area (Å²) in [5.74, 6) is 1.81. The van der Waals surface area contributed by atoms with Crippen molar-refractivity contribution >= 4 is 27.8 Å². The molecule has 4 heteroatoms. The third kappa shape index (κ3) is 4.96. The lowest BCUT2D eigenvalue weighted by Crippen LogP contribution is -2.25. The lowest BCUT2D eigenvalue weighted by Gasteiger charge is -2.36. The minimum absolute atomic E-state index is 0.403. The molecule has 1 saturated carbocycles. The molecule has 0 bridgehead atoms. The Morgan fingerprint density at radius 3 is 1.74 bits per heavy atom. The number of imidazole rings is 2. The van der Waals surface area contributed by atoms with Gasteiger partial charge in [0.15, 0.2) is 0 Å². The highest BCUT2D eigenvalue weighted by atomic mass is 16.5. The van der Waals surface area contributed by atoms with Crippen LogP contribution in [0.1, 0.15) is 63.5 Å². The van der Waals surface area contributed by atoms with Gasteiger partial charge >= 0.3 is 0 Å². The zero-order valence-electron chi connectivity index (χ0n) is 35.2. The summed E-state index contributed by atoms with van der Waals surface area (Å²) in [4.78, 5) is 5.31. The van der Waals surface area contributed by atoms with Gasteiger partial charge in [-0.25, -0.2) is 4.98 Å². The summed E-state index contributed by atoms with van der Waals surface area (Å²) in [6, 6.07) is 61.6. The molecule has 0 saturated heterocycles. The number of hydrogen-bond donors (Lipinski definition) is 0. The van der Waals surface area contributed by atoms with Crippen molar-refractivity contribution in [2.75, 3.05) is 0 Å². The third-order valence-electron chi connectivity index (χ3n) is 13.9. The van der Waals surface area contributed by atoms with Crippen LogP contribution in [0.5, 0.6) is 11.5 Å². The number of benzene rings is 8. The SMILES string of the molecule is [2H]C1(c2cc3c(cc2-c2cc(-n4c5ccccc5n5c6ccccc6nc45)cc4c2Oc2ccccc2C4(C)C)-c2ccccc2-c2ccccc2-c2ccccc2-3)CCCC1. The number of fused-ring (bicyclic) bond motifs is 15. The van der Waals surface area contributed by atoms with Gasteiger partial charge in [0, 0.05) is 23.5 Å². The van der Waals surface area contributed by atoms with Gasteiger partial charge in [-0.15, -0.1) is 0 Å². The summed E-state index contributed by atoms with van der Waals surface area (Å²) in [6.45, 7) is 4.64. The van der Waals surface area contributed by atoms with E-state index in [-0.39, 0.29) is 0 Å². The first-order valence-corrected chi connectivity index (χ1v) is 21.7. The number of aromatic nitrogens is 3. The molecular weight excluding hydrogens is 743 g/mol. The molecule has 0 amide bonds. The Bertz CT molecular complexity index is 3510. The highest BCUT2D eigenvalue weighted by Gasteiger charge is 2.38. The van der Waals surface area contributed by atoms with E-state index in [1.165, 1.54) is 38.9 Å². The second kappa shape index (κ2) is 12.9. The van der Waals surface area contributed by atoms with E-state index in [1.54, 1.807) is 0 Å². The topological polar surface area (TPSA) is 31.5 Å². The van der Waals surface area contributed by atoms with Gasteiger partial charge < -0.3 is 4.74 Å². The van der Waals surface area contributed by atoms with E-state index < -0.39 is 11.3 Å². The molecule has 0 spiro atoms. The van der Waals surface area contributed by atoms with Crippen molar-refractivity contribution < 1.29 is 6.11 Å². The van der Waals surface area contributed by atoms with Gasteiger partial charge in [-0.2, -0.15) is 0 Å². The molecule has 2 aliphatic carbocycles. The van der Waals surface area contributed by atoms with Crippen LogP contribution < -0.4 is 4.74 Å². The molecule has 0 radical (unpaired) electrons. The number of nitrogens with zero attached hydrogens (tertiary/aromatic N) is 3. The predicted molar refractivity (Wildman–Crippen MR) is 250 cm³/mol. The molecule has 1 fully saturated rings. The molecule has 10 aromatic rings. The van der Waals surface area contributed by atoms with Crippen molar-refractivity contribution in [2.45, 2.75) is 50.8 Å². The van der Waals surface area contributed by atoms with E-state index in [0.29, 0.717) is 0 Å². The van der Waals surface area contributed by atoms with Crippen LogP contribution in [-0.4, -0.2) is 14.0 Å². The van der Waals surface area contributed by atoms with Crippen molar-refractivity contribution in [3.8, 4) is 72.8 Å². The number of hydrogen-bond acceptors (Lipinski definition) is 2. The Morgan fingerprint density at radius 1 is 0.525 bits per heavy atom. The first-order valence-electron chi connectivity index (χ1n) is 22.2. The largest absolute Gasteiger partial charge is 0.456 e. The van der Waals surface area contributed by atoms with Crippen molar-refractivity contribution in [3.63, 3.8) is 0 Å². The molecule has 13 rings (SSSR count). The summed E-state index contributed by atoms with van der Waals surface area (Å²) in [5.41, 5.74) is 19.7. The molecule has 0 unspecified atom stereocenters. The molecule has 3 aliphatic rings. The fourth-order valence-electron chi connectivity index (χ4n) is 10.9. The molecule has 61 heavy (non-hydrogen) atoms. The summed E-state index contributed by atoms with van der Waals surface area (Å²) in [5, 5.41) is 0. The lowest BCUT2D eigenvalue weighted by molar-refractivity contribution is 0.419. The number of ether oxygens (including phenoxy) is 1. The minimum atomic E-state index is -0.779. The maximum atomic E-state index is 10.4. The maximum absolute atomic E-state index is 10.4. The molecule has 8 aromatic carbocycles. The van der Waals surface area contributed by atoms with Crippen LogP contribution >= 0.6 is 0 Å². The lowest BCUT2D eigenvalue weighted by atomic mass is 9.73. The summed E-state index contributed by atoms with van der Waals surface area (Å²) >= 11 is 0. The summed E-state index contributed by atoms with van der Waals surface area (Å²) < 4.78 is 22.3. The normalized spacial score (nSPS) is 15.7.